The van der Waals surface area contributed by atoms with Crippen LogP contribution in [-0.2, 0) is 0 Å². The minimum atomic E-state index is -0.845. The zero-order valence-electron chi connectivity index (χ0n) is 72.7. The first-order valence-electron chi connectivity index (χ1n) is 42.5. The predicted octanol–water partition coefficient (Wildman–Crippen LogP) is 18.1. The molecule has 32 heteroatoms. The van der Waals surface area contributed by atoms with Gasteiger partial charge in [-0.05, 0) is 192 Å². The van der Waals surface area contributed by atoms with Gasteiger partial charge < -0.3 is 67.0 Å². The lowest BCUT2D eigenvalue weighted by molar-refractivity contribution is 0.100. The second-order valence-corrected chi connectivity index (χ2v) is 34.6. The summed E-state index contributed by atoms with van der Waals surface area (Å²) < 4.78 is 71.0. The van der Waals surface area contributed by atoms with Gasteiger partial charge in [-0.1, -0.05) is 61.6 Å². The van der Waals surface area contributed by atoms with Crippen LogP contribution in [0.3, 0.4) is 0 Å². The van der Waals surface area contributed by atoms with Gasteiger partial charge in [-0.2, -0.15) is 0 Å². The van der Waals surface area contributed by atoms with Crippen LogP contribution in [0, 0.1) is 44.1 Å². The van der Waals surface area contributed by atoms with Gasteiger partial charge in [-0.25, -0.2) is 43.1 Å². The molecule has 3 unspecified atom stereocenters. The average Bonchev–Trinajstić information content (AvgIpc) is 1.73. The molecule has 9 N–H and O–H groups in total. The number of nitrogens with two attached hydrogens (primary N) is 3. The van der Waals surface area contributed by atoms with E-state index in [4.69, 9.17) is 81.2 Å². The maximum Gasteiger partial charge on any atom is 0.262 e. The number of benzene rings is 6. The number of hydrogen-bond donors (Lipinski definition) is 6. The summed E-state index contributed by atoms with van der Waals surface area (Å²) in [6.07, 6.45) is 15.3. The highest BCUT2D eigenvalue weighted by molar-refractivity contribution is 6.32. The molecule has 1 saturated carbocycles. The Morgan fingerprint density at radius 1 is 0.440 bits per heavy atom. The van der Waals surface area contributed by atoms with E-state index in [1.807, 2.05) is 163 Å². The zero-order chi connectivity index (χ0) is 89.1. The molecule has 1 aliphatic carbocycles. The Labute approximate surface area is 740 Å². The minimum Gasteiger partial charge on any atom is -0.490 e. The summed E-state index contributed by atoms with van der Waals surface area (Å²) in [5, 5.41) is 8.04. The van der Waals surface area contributed by atoms with Gasteiger partial charge in [-0.3, -0.25) is 32.5 Å². The van der Waals surface area contributed by atoms with Crippen molar-refractivity contribution < 1.29 is 41.8 Å². The molecule has 125 heavy (non-hydrogen) atoms. The molecular weight excluding hydrogens is 1660 g/mol. The van der Waals surface area contributed by atoms with E-state index in [2.05, 4.69) is 62.4 Å². The van der Waals surface area contributed by atoms with Crippen molar-refractivity contribution in [3.63, 3.8) is 0 Å². The number of anilines is 9. The van der Waals surface area contributed by atoms with Crippen LogP contribution in [0.2, 0.25) is 15.1 Å². The number of piperidine rings is 1. The maximum absolute atomic E-state index is 15.7. The van der Waals surface area contributed by atoms with Gasteiger partial charge in [-0.15, -0.1) is 0 Å². The molecule has 26 nitrogen and oxygen atoms in total. The Balaban J connectivity index is 0.000000153. The van der Waals surface area contributed by atoms with Crippen molar-refractivity contribution in [3.05, 3.63) is 229 Å². The number of aromatic nitrogens is 9. The molecule has 0 radical (unpaired) electrons. The Bertz CT molecular complexity index is 5960. The summed E-state index contributed by atoms with van der Waals surface area (Å²) in [6, 6.07) is 27.4. The van der Waals surface area contributed by atoms with Crippen LogP contribution in [0.15, 0.2) is 128 Å². The monoisotopic (exact) mass is 1760 g/mol. The summed E-state index contributed by atoms with van der Waals surface area (Å²) in [7, 11) is 2.11. The van der Waals surface area contributed by atoms with Crippen molar-refractivity contribution in [3.8, 4) is 17.2 Å². The van der Waals surface area contributed by atoms with Crippen LogP contribution in [0.4, 0.5) is 64.7 Å². The molecule has 16 rings (SSSR count). The lowest BCUT2D eigenvalue weighted by Gasteiger charge is -2.36. The van der Waals surface area contributed by atoms with Crippen LogP contribution < -0.4 is 62.1 Å². The molecule has 6 aromatic carbocycles. The number of hydrogen-bond acceptors (Lipinski definition) is 20. The second-order valence-electron chi connectivity index (χ2n) is 33.4. The normalized spacial score (nSPS) is 15.4. The van der Waals surface area contributed by atoms with Crippen molar-refractivity contribution in [2.45, 2.75) is 151 Å². The summed E-state index contributed by atoms with van der Waals surface area (Å²) >= 11 is 19.2. The molecule has 3 atom stereocenters. The third-order valence-electron chi connectivity index (χ3n) is 23.2. The fourth-order valence-corrected chi connectivity index (χ4v) is 17.3. The molecule has 12 aromatic rings. The van der Waals surface area contributed by atoms with Crippen molar-refractivity contribution in [1.29, 1.82) is 0 Å². The second kappa shape index (κ2) is 38.5. The molecule has 4 aliphatic rings. The fraction of sp³-hybridized carbons (Fsp3) is 0.387. The highest BCUT2D eigenvalue weighted by Gasteiger charge is 2.36. The Morgan fingerprint density at radius 3 is 1.12 bits per heavy atom. The summed E-state index contributed by atoms with van der Waals surface area (Å²) in [5.41, 5.74) is 28.3. The number of carbonyl (C=O) groups is 3. The number of nitrogens with one attached hydrogen (secondary N) is 3. The molecule has 3 aliphatic heterocycles. The molecule has 9 heterocycles. The van der Waals surface area contributed by atoms with Crippen molar-refractivity contribution in [1.82, 2.24) is 52.9 Å². The van der Waals surface area contributed by atoms with E-state index < -0.39 is 52.9 Å². The van der Waals surface area contributed by atoms with E-state index in [1.165, 1.54) is 44.0 Å². The average molecular weight is 1770 g/mol. The number of fused-ring (bicyclic) bond motifs is 3. The first-order chi connectivity index (χ1) is 59.8. The number of aryl methyl sites for hydroxylation is 3. The highest BCUT2D eigenvalue weighted by atomic mass is 35.5. The van der Waals surface area contributed by atoms with E-state index >= 15 is 13.2 Å². The van der Waals surface area contributed by atoms with Gasteiger partial charge in [0.25, 0.3) is 17.7 Å². The number of piperazine rings is 2. The van der Waals surface area contributed by atoms with Crippen molar-refractivity contribution in [2.75, 3.05) is 127 Å². The molecular formula is C93H108Cl3F3N20O6. The fourth-order valence-electron chi connectivity index (χ4n) is 16.6. The number of imidazole rings is 3. The number of halogens is 6. The number of rotatable bonds is 23. The largest absolute Gasteiger partial charge is 0.490 e. The Hall–Kier alpha value is -11.6. The first-order valence-corrected chi connectivity index (χ1v) is 43.7. The topological polar surface area (TPSA) is 300 Å². The van der Waals surface area contributed by atoms with Crippen molar-refractivity contribution >= 4 is 121 Å². The minimum absolute atomic E-state index is 0.123. The smallest absolute Gasteiger partial charge is 0.262 e. The third kappa shape index (κ3) is 19.7. The van der Waals surface area contributed by atoms with Gasteiger partial charge in [0.05, 0.1) is 50.5 Å². The Morgan fingerprint density at radius 2 is 0.776 bits per heavy atom. The quantitative estimate of drug-likeness (QED) is 0.0347. The molecule has 3 amide bonds. The number of carbonyl (C=O) groups excluding carboxylic acids is 3. The first kappa shape index (κ1) is 89.6. The summed E-state index contributed by atoms with van der Waals surface area (Å²) in [4.78, 5) is 79.6. The number of likely N-dealkylation sites (N-methyl/N-ethyl adjacent to an activating group) is 1. The van der Waals surface area contributed by atoms with E-state index in [1.54, 1.807) is 43.2 Å². The van der Waals surface area contributed by atoms with Gasteiger partial charge in [0, 0.05) is 178 Å². The van der Waals surface area contributed by atoms with Crippen LogP contribution in [-0.4, -0.2) is 168 Å². The standard InChI is InChI=1S/C33H39ClFN7O2.C30H35ClFN7O2.C30H34ClFN6O2/c1-19(2)44-30-25(20(3)32-38-21(4)29-31(36)37-11-12-42(29)32)17-26(34)28(35)27(30)33(43)39-23-7-9-24(10-8-23)41-15-13-40(14-16-41)18-22-5-6-22;1-17(2)41-27-22(18(3)29-35-19(4)26-28(33)34-10-11-39(26)29)16-23(31)25(32)24(27)30(40)36-20-6-8-21(9-7-20)38-14-12-37(5)13-15-38;1-17(2)40-27-22(18(3)29-35-19(4)26-28(33)34-11-14-38(26)29)16-23(31)25(32)24(27)30(39)36-20-9-8-10-21(15-20)37-12-6-5-7-13-37/h7-12,17,19-20,22H,5-6,13-16,18H2,1-4H3,(H2,36,37)(H,39,43);6-11,16-18H,12-15H2,1-5H3,(H2,33,34)(H,36,40);8-11,14-18H,5-7,12-13H2,1-4H3,(H2,33,34)(H,36,39). The predicted molar refractivity (Wildman–Crippen MR) is 491 cm³/mol. The molecule has 0 spiro atoms. The summed E-state index contributed by atoms with van der Waals surface area (Å²) in [5.74, 6) is -1.50. The van der Waals surface area contributed by atoms with Gasteiger partial charge in [0.1, 0.15) is 85.4 Å². The Kier molecular flexibility index (Phi) is 27.6. The van der Waals surface area contributed by atoms with Crippen molar-refractivity contribution in [2.24, 2.45) is 5.92 Å². The maximum atomic E-state index is 15.7. The molecule has 3 saturated heterocycles. The molecule has 658 valence electrons. The molecule has 4 fully saturated rings. The number of nitrogen functional groups attached to an aromatic ring is 3. The highest BCUT2D eigenvalue weighted by Crippen LogP contribution is 2.45. The lowest BCUT2D eigenvalue weighted by atomic mass is 9.95. The number of amides is 3. The molecule has 6 aromatic heterocycles. The zero-order valence-corrected chi connectivity index (χ0v) is 75.0. The SMILES string of the molecule is Cc1nc(C(C)c2cc(Cl)c(F)c(C(=O)Nc3ccc(N4CCN(C)CC4)cc3)c2OC(C)C)n2ccnc(N)c12.Cc1nc(C(C)c2cc(Cl)c(F)c(C(=O)Nc3ccc(N4CCN(CC5CC5)CC4)cc3)c2OC(C)C)n2ccnc(N)c12.Cc1nc(C(C)c2cc(Cl)c(F)c(C(=O)Nc3cccc(N4CCCCC4)c3)c2OC(C)C)n2ccnc(N)c12. The van der Waals surface area contributed by atoms with Gasteiger partial charge in [0.15, 0.2) is 17.5 Å². The summed E-state index contributed by atoms with van der Waals surface area (Å²) in [6.45, 7) is 33.3. The lowest BCUT2D eigenvalue weighted by Crippen LogP contribution is -2.47. The van der Waals surface area contributed by atoms with E-state index in [0.29, 0.717) is 102 Å². The van der Waals surface area contributed by atoms with Gasteiger partial charge in [0.2, 0.25) is 0 Å². The number of nitrogens with zero attached hydrogens (tertiary/aromatic N) is 14. The van der Waals surface area contributed by atoms with E-state index in [0.717, 1.165) is 101 Å². The van der Waals surface area contributed by atoms with Crippen LogP contribution in [0.25, 0.3) is 16.6 Å². The van der Waals surface area contributed by atoms with Crippen LogP contribution in [0.1, 0.15) is 194 Å². The van der Waals surface area contributed by atoms with Crippen LogP contribution >= 0.6 is 34.8 Å². The van der Waals surface area contributed by atoms with Gasteiger partial charge >= 0.3 is 0 Å². The number of ether oxygens (including phenoxy) is 3. The third-order valence-corrected chi connectivity index (χ3v) is 24.0. The molecule has 0 bridgehead atoms. The van der Waals surface area contributed by atoms with E-state index in [9.17, 15) is 14.4 Å². The van der Waals surface area contributed by atoms with Crippen LogP contribution in [0.5, 0.6) is 17.2 Å². The van der Waals surface area contributed by atoms with E-state index in [-0.39, 0.29) is 67.3 Å².